The van der Waals surface area contributed by atoms with Crippen LogP contribution in [-0.4, -0.2) is 30.4 Å². The number of likely N-dealkylation sites (tertiary alicyclic amines) is 1. The molecule has 3 heteroatoms. The van der Waals surface area contributed by atoms with E-state index in [0.717, 1.165) is 24.8 Å². The molecule has 1 aliphatic heterocycles. The van der Waals surface area contributed by atoms with Crippen LogP contribution in [0.1, 0.15) is 75.8 Å². The highest BCUT2D eigenvalue weighted by molar-refractivity contribution is 5.81. The molecule has 2 N–H and O–H groups in total. The molecule has 1 aromatic rings. The number of rotatable bonds is 10. The first-order valence-electron chi connectivity index (χ1n) is 10.2. The minimum Gasteiger partial charge on any atom is -0.369 e. The van der Waals surface area contributed by atoms with E-state index in [1.807, 2.05) is 0 Å². The Kier molecular flexibility index (Phi) is 8.47. The van der Waals surface area contributed by atoms with Crippen LogP contribution in [0, 0.1) is 5.92 Å². The number of hydrogen-bond donors (Lipinski definition) is 1. The van der Waals surface area contributed by atoms with E-state index in [4.69, 9.17) is 5.73 Å². The van der Waals surface area contributed by atoms with Gasteiger partial charge in [0.15, 0.2) is 0 Å². The first-order valence-corrected chi connectivity index (χ1v) is 10.2. The molecule has 0 spiro atoms. The molecule has 140 valence electrons. The smallest absolute Gasteiger partial charge is 0.224 e. The Labute approximate surface area is 154 Å². The van der Waals surface area contributed by atoms with Crippen molar-refractivity contribution in [1.29, 1.82) is 0 Å². The second kappa shape index (κ2) is 10.6. The van der Waals surface area contributed by atoms with Gasteiger partial charge in [0.1, 0.15) is 0 Å². The molecular formula is C22H36N2O. The maximum absolute atomic E-state index is 11.9. The van der Waals surface area contributed by atoms with Gasteiger partial charge >= 0.3 is 0 Å². The molecule has 1 aliphatic rings. The van der Waals surface area contributed by atoms with E-state index in [0.29, 0.717) is 5.92 Å². The minimum absolute atomic E-state index is 0.136. The minimum atomic E-state index is -0.187. The molecule has 0 bridgehead atoms. The summed E-state index contributed by atoms with van der Waals surface area (Å²) in [5.74, 6) is 0.327. The largest absolute Gasteiger partial charge is 0.369 e. The standard InChI is InChI=1S/C22H36N2O/c1-18(2)17-19-10-12-20(13-11-19)21(22(23)25)9-5-3-6-14-24-15-7-4-8-16-24/h10-13,18,21H,3-9,14-17H2,1-2H3,(H2,23,25). The number of carbonyl (C=O) groups is 1. The first kappa shape index (κ1) is 20.0. The Balaban J connectivity index is 1.75. The second-order valence-electron chi connectivity index (χ2n) is 8.05. The van der Waals surface area contributed by atoms with Gasteiger partial charge in [0.25, 0.3) is 0 Å². The van der Waals surface area contributed by atoms with Crippen LogP contribution in [0.5, 0.6) is 0 Å². The van der Waals surface area contributed by atoms with Gasteiger partial charge in [0, 0.05) is 0 Å². The Morgan fingerprint density at radius 3 is 2.32 bits per heavy atom. The highest BCUT2D eigenvalue weighted by atomic mass is 16.1. The molecular weight excluding hydrogens is 308 g/mol. The van der Waals surface area contributed by atoms with Crippen molar-refractivity contribution in [2.75, 3.05) is 19.6 Å². The van der Waals surface area contributed by atoms with Crippen molar-refractivity contribution < 1.29 is 4.79 Å². The summed E-state index contributed by atoms with van der Waals surface area (Å²) in [4.78, 5) is 14.5. The molecule has 0 aliphatic carbocycles. The van der Waals surface area contributed by atoms with Crippen LogP contribution in [0.4, 0.5) is 0 Å². The fourth-order valence-corrected chi connectivity index (χ4v) is 3.87. The number of carbonyl (C=O) groups excluding carboxylic acids is 1. The zero-order valence-corrected chi connectivity index (χ0v) is 16.2. The van der Waals surface area contributed by atoms with Crippen LogP contribution in [0.3, 0.4) is 0 Å². The van der Waals surface area contributed by atoms with E-state index in [-0.39, 0.29) is 11.8 Å². The zero-order chi connectivity index (χ0) is 18.1. The summed E-state index contributed by atoms with van der Waals surface area (Å²) < 4.78 is 0. The van der Waals surface area contributed by atoms with Crippen molar-refractivity contribution >= 4 is 5.91 Å². The normalized spacial score (nSPS) is 16.9. The van der Waals surface area contributed by atoms with Crippen LogP contribution >= 0.6 is 0 Å². The van der Waals surface area contributed by atoms with Crippen LogP contribution in [0.2, 0.25) is 0 Å². The first-order chi connectivity index (χ1) is 12.1. The van der Waals surface area contributed by atoms with E-state index in [9.17, 15) is 4.79 Å². The third-order valence-electron chi connectivity index (χ3n) is 5.29. The van der Waals surface area contributed by atoms with Crippen LogP contribution in [-0.2, 0) is 11.2 Å². The highest BCUT2D eigenvalue weighted by Gasteiger charge is 2.17. The molecule has 1 fully saturated rings. The Hall–Kier alpha value is -1.35. The molecule has 1 aromatic carbocycles. The number of piperidine rings is 1. The fraction of sp³-hybridized carbons (Fsp3) is 0.682. The lowest BCUT2D eigenvalue weighted by atomic mass is 9.91. The Bertz CT molecular complexity index is 503. The molecule has 0 radical (unpaired) electrons. The summed E-state index contributed by atoms with van der Waals surface area (Å²) in [6.45, 7) is 8.21. The molecule has 1 saturated heterocycles. The number of benzene rings is 1. The lowest BCUT2D eigenvalue weighted by Crippen LogP contribution is -2.30. The van der Waals surface area contributed by atoms with E-state index in [1.54, 1.807) is 0 Å². The molecule has 25 heavy (non-hydrogen) atoms. The van der Waals surface area contributed by atoms with Gasteiger partial charge in [-0.05, 0) is 68.8 Å². The summed E-state index contributed by atoms with van der Waals surface area (Å²) in [6.07, 6.45) is 9.57. The summed E-state index contributed by atoms with van der Waals surface area (Å²) >= 11 is 0. The maximum atomic E-state index is 11.9. The molecule has 1 unspecified atom stereocenters. The Morgan fingerprint density at radius 2 is 1.72 bits per heavy atom. The van der Waals surface area contributed by atoms with Gasteiger partial charge in [0.2, 0.25) is 5.91 Å². The average molecular weight is 345 g/mol. The van der Waals surface area contributed by atoms with E-state index in [1.165, 1.54) is 57.3 Å². The quantitative estimate of drug-likeness (QED) is 0.635. The second-order valence-corrected chi connectivity index (χ2v) is 8.05. The van der Waals surface area contributed by atoms with Crippen molar-refractivity contribution in [3.8, 4) is 0 Å². The van der Waals surface area contributed by atoms with Crippen molar-refractivity contribution in [2.24, 2.45) is 11.7 Å². The van der Waals surface area contributed by atoms with Gasteiger partial charge in [-0.2, -0.15) is 0 Å². The SMILES string of the molecule is CC(C)Cc1ccc(C(CCCCCN2CCCCC2)C(N)=O)cc1. The number of amides is 1. The molecule has 3 nitrogen and oxygen atoms in total. The van der Waals surface area contributed by atoms with Gasteiger partial charge < -0.3 is 10.6 Å². The topological polar surface area (TPSA) is 46.3 Å². The van der Waals surface area contributed by atoms with Crippen molar-refractivity contribution in [1.82, 2.24) is 4.90 Å². The molecule has 0 aromatic heterocycles. The van der Waals surface area contributed by atoms with Crippen molar-refractivity contribution in [3.05, 3.63) is 35.4 Å². The van der Waals surface area contributed by atoms with Gasteiger partial charge in [-0.1, -0.05) is 57.4 Å². The van der Waals surface area contributed by atoms with Gasteiger partial charge in [-0.25, -0.2) is 0 Å². The predicted molar refractivity (Wildman–Crippen MR) is 106 cm³/mol. The van der Waals surface area contributed by atoms with Crippen molar-refractivity contribution in [2.45, 2.75) is 71.1 Å². The number of nitrogens with zero attached hydrogens (tertiary/aromatic N) is 1. The summed E-state index contributed by atoms with van der Waals surface area (Å²) in [7, 11) is 0. The van der Waals surface area contributed by atoms with Crippen molar-refractivity contribution in [3.63, 3.8) is 0 Å². The van der Waals surface area contributed by atoms with Crippen LogP contribution in [0.15, 0.2) is 24.3 Å². The summed E-state index contributed by atoms with van der Waals surface area (Å²) in [6, 6.07) is 8.50. The van der Waals surface area contributed by atoms with E-state index in [2.05, 4.69) is 43.0 Å². The lowest BCUT2D eigenvalue weighted by Gasteiger charge is -2.26. The molecule has 1 amide bonds. The van der Waals surface area contributed by atoms with Crippen LogP contribution < -0.4 is 5.73 Å². The van der Waals surface area contributed by atoms with Gasteiger partial charge in [0.05, 0.1) is 5.92 Å². The number of nitrogens with two attached hydrogens (primary N) is 1. The fourth-order valence-electron chi connectivity index (χ4n) is 3.87. The molecule has 2 rings (SSSR count). The molecule has 1 atom stereocenters. The lowest BCUT2D eigenvalue weighted by molar-refractivity contribution is -0.119. The highest BCUT2D eigenvalue weighted by Crippen LogP contribution is 2.23. The summed E-state index contributed by atoms with van der Waals surface area (Å²) in [5, 5.41) is 0. The monoisotopic (exact) mass is 344 g/mol. The number of unbranched alkanes of at least 4 members (excludes halogenated alkanes) is 2. The maximum Gasteiger partial charge on any atom is 0.224 e. The van der Waals surface area contributed by atoms with E-state index >= 15 is 0 Å². The number of primary amides is 1. The van der Waals surface area contributed by atoms with Gasteiger partial charge in [-0.15, -0.1) is 0 Å². The summed E-state index contributed by atoms with van der Waals surface area (Å²) in [5.41, 5.74) is 8.09. The average Bonchev–Trinajstić information content (AvgIpc) is 2.59. The van der Waals surface area contributed by atoms with Crippen LogP contribution in [0.25, 0.3) is 0 Å². The molecule has 1 heterocycles. The predicted octanol–water partition coefficient (Wildman–Crippen LogP) is 4.50. The molecule has 0 saturated carbocycles. The number of hydrogen-bond acceptors (Lipinski definition) is 2. The third kappa shape index (κ3) is 7.19. The van der Waals surface area contributed by atoms with Gasteiger partial charge in [-0.3, -0.25) is 4.79 Å². The third-order valence-corrected chi connectivity index (χ3v) is 5.29. The Morgan fingerprint density at radius 1 is 1.04 bits per heavy atom. The van der Waals surface area contributed by atoms with E-state index < -0.39 is 0 Å². The zero-order valence-electron chi connectivity index (χ0n) is 16.2.